The van der Waals surface area contributed by atoms with Crippen LogP contribution in [0.25, 0.3) is 0 Å². The average molecular weight is 266 g/mol. The molecule has 4 N–H and O–H groups in total. The van der Waals surface area contributed by atoms with Crippen molar-refractivity contribution in [2.75, 3.05) is 33.5 Å². The number of ether oxygens (including phenoxy) is 2. The number of carbonyl (C=O) groups is 1. The summed E-state index contributed by atoms with van der Waals surface area (Å²) in [7, 11) is 1.33. The van der Waals surface area contributed by atoms with E-state index in [-0.39, 0.29) is 32.4 Å². The van der Waals surface area contributed by atoms with E-state index < -0.39 is 12.2 Å². The van der Waals surface area contributed by atoms with E-state index in [1.807, 2.05) is 0 Å². The molecule has 108 valence electrons. The Morgan fingerprint density at radius 2 is 1.56 bits per heavy atom. The summed E-state index contributed by atoms with van der Waals surface area (Å²) < 4.78 is 8.99. The molecule has 0 aromatic rings. The maximum Gasteiger partial charge on any atom is 0.332 e. The van der Waals surface area contributed by atoms with Crippen molar-refractivity contribution in [1.82, 2.24) is 0 Å². The molecule has 0 saturated heterocycles. The number of rotatable bonds is 7. The van der Waals surface area contributed by atoms with Gasteiger partial charge in [-0.05, 0) is 6.92 Å². The molecule has 0 aliphatic heterocycles. The maximum atomic E-state index is 10.2. The summed E-state index contributed by atoms with van der Waals surface area (Å²) in [5, 5.41) is 34.1. The van der Waals surface area contributed by atoms with Crippen LogP contribution in [-0.2, 0) is 14.3 Å². The highest BCUT2D eigenvalue weighted by atomic mass is 16.5. The van der Waals surface area contributed by atoms with E-state index in [2.05, 4.69) is 11.3 Å². The van der Waals surface area contributed by atoms with E-state index in [9.17, 15) is 4.79 Å². The molecule has 0 saturated carbocycles. The summed E-state index contributed by atoms with van der Waals surface area (Å²) in [6, 6.07) is 0. The number of aliphatic hydroxyl groups excluding tert-OH is 4. The Morgan fingerprint density at radius 3 is 1.72 bits per heavy atom. The molecule has 0 spiro atoms. The van der Waals surface area contributed by atoms with Crippen LogP contribution in [0.2, 0.25) is 0 Å². The summed E-state index contributed by atoms with van der Waals surface area (Å²) >= 11 is 0. The van der Waals surface area contributed by atoms with Gasteiger partial charge in [0.1, 0.15) is 12.2 Å². The quantitative estimate of drug-likeness (QED) is 0.325. The van der Waals surface area contributed by atoms with Gasteiger partial charge in [-0.15, -0.1) is 0 Å². The van der Waals surface area contributed by atoms with Crippen LogP contribution in [0.5, 0.6) is 0 Å². The van der Waals surface area contributed by atoms with Crippen molar-refractivity contribution in [1.29, 1.82) is 0 Å². The molecular formula is C11H22O7. The molecule has 7 heteroatoms. The first-order chi connectivity index (χ1) is 8.38. The second-order valence-corrected chi connectivity index (χ2v) is 3.48. The number of carbonyl (C=O) groups excluding carboxylic acids is 1. The van der Waals surface area contributed by atoms with Gasteiger partial charge in [0.2, 0.25) is 0 Å². The molecule has 2 atom stereocenters. The molecule has 18 heavy (non-hydrogen) atoms. The van der Waals surface area contributed by atoms with Crippen molar-refractivity contribution in [3.63, 3.8) is 0 Å². The second-order valence-electron chi connectivity index (χ2n) is 3.48. The molecule has 0 aliphatic carbocycles. The molecule has 0 radical (unpaired) electrons. The van der Waals surface area contributed by atoms with Crippen LogP contribution in [0.15, 0.2) is 12.2 Å². The summed E-state index contributed by atoms with van der Waals surface area (Å²) in [6.07, 6.45) is -1.83. The third-order valence-corrected chi connectivity index (χ3v) is 1.58. The lowest BCUT2D eigenvalue weighted by molar-refractivity contribution is -0.136. The first kappa shape index (κ1) is 19.4. The smallest absolute Gasteiger partial charge is 0.332 e. The molecule has 0 aliphatic rings. The van der Waals surface area contributed by atoms with E-state index in [4.69, 9.17) is 25.2 Å². The molecule has 7 nitrogen and oxygen atoms in total. The molecule has 0 aromatic carbocycles. The average Bonchev–Trinajstić information content (AvgIpc) is 2.37. The SMILES string of the molecule is C=C(C)C(=O)OC.OCC(O)COCC(O)CO. The van der Waals surface area contributed by atoms with E-state index in [0.29, 0.717) is 5.57 Å². The van der Waals surface area contributed by atoms with Gasteiger partial charge in [-0.1, -0.05) is 6.58 Å². The van der Waals surface area contributed by atoms with Crippen molar-refractivity contribution in [2.45, 2.75) is 19.1 Å². The van der Waals surface area contributed by atoms with Gasteiger partial charge in [-0.3, -0.25) is 0 Å². The predicted molar refractivity (Wildman–Crippen MR) is 63.8 cm³/mol. The van der Waals surface area contributed by atoms with Crippen molar-refractivity contribution < 1.29 is 34.7 Å². The monoisotopic (exact) mass is 266 g/mol. The number of methoxy groups -OCH3 is 1. The molecule has 0 amide bonds. The highest BCUT2D eigenvalue weighted by Gasteiger charge is 2.04. The van der Waals surface area contributed by atoms with Gasteiger partial charge in [0, 0.05) is 5.57 Å². The van der Waals surface area contributed by atoms with Crippen molar-refractivity contribution in [3.05, 3.63) is 12.2 Å². The first-order valence-electron chi connectivity index (χ1n) is 5.28. The summed E-state index contributed by atoms with van der Waals surface area (Å²) in [5.74, 6) is -0.347. The molecule has 0 rings (SSSR count). The van der Waals surface area contributed by atoms with Crippen LogP contribution in [0, 0.1) is 0 Å². The predicted octanol–water partition coefficient (Wildman–Crippen LogP) is -1.56. The van der Waals surface area contributed by atoms with Gasteiger partial charge in [-0.2, -0.15) is 0 Å². The fraction of sp³-hybridized carbons (Fsp3) is 0.727. The highest BCUT2D eigenvalue weighted by molar-refractivity contribution is 5.86. The molecular weight excluding hydrogens is 244 g/mol. The Morgan fingerprint density at radius 1 is 1.17 bits per heavy atom. The fourth-order valence-corrected chi connectivity index (χ4v) is 0.620. The maximum absolute atomic E-state index is 10.2. The second kappa shape index (κ2) is 12.5. The topological polar surface area (TPSA) is 116 Å². The summed E-state index contributed by atoms with van der Waals surface area (Å²) in [5.41, 5.74) is 0.433. The lowest BCUT2D eigenvalue weighted by atomic mass is 10.4. The Hall–Kier alpha value is -0.990. The first-order valence-corrected chi connectivity index (χ1v) is 5.28. The van der Waals surface area contributed by atoms with Crippen molar-refractivity contribution in [3.8, 4) is 0 Å². The number of hydrogen-bond acceptors (Lipinski definition) is 7. The third kappa shape index (κ3) is 13.1. The third-order valence-electron chi connectivity index (χ3n) is 1.58. The molecule has 0 heterocycles. The number of hydrogen-bond donors (Lipinski definition) is 4. The van der Waals surface area contributed by atoms with E-state index in [1.54, 1.807) is 6.92 Å². The lowest BCUT2D eigenvalue weighted by Crippen LogP contribution is -2.25. The van der Waals surface area contributed by atoms with Gasteiger partial charge < -0.3 is 29.9 Å². The Bertz CT molecular complexity index is 219. The standard InChI is InChI=1S/C6H14O5.C5H8O2/c7-1-5(9)3-11-4-6(10)2-8;1-4(2)5(6)7-3/h5-10H,1-4H2;1H2,2-3H3. The van der Waals surface area contributed by atoms with Gasteiger partial charge in [-0.25, -0.2) is 4.79 Å². The van der Waals surface area contributed by atoms with Crippen LogP contribution in [0.1, 0.15) is 6.92 Å². The van der Waals surface area contributed by atoms with Crippen LogP contribution in [0.3, 0.4) is 0 Å². The number of aliphatic hydroxyl groups is 4. The minimum Gasteiger partial charge on any atom is -0.466 e. The van der Waals surface area contributed by atoms with Gasteiger partial charge in [0.05, 0.1) is 33.5 Å². The van der Waals surface area contributed by atoms with Gasteiger partial charge >= 0.3 is 5.97 Å². The fourth-order valence-electron chi connectivity index (χ4n) is 0.620. The minimum absolute atomic E-state index is 0.0342. The van der Waals surface area contributed by atoms with Gasteiger partial charge in [0.25, 0.3) is 0 Å². The zero-order valence-corrected chi connectivity index (χ0v) is 10.7. The van der Waals surface area contributed by atoms with E-state index in [1.165, 1.54) is 7.11 Å². The molecule has 0 bridgehead atoms. The normalized spacial score (nSPS) is 13.0. The minimum atomic E-state index is -0.916. The van der Waals surface area contributed by atoms with Crippen LogP contribution < -0.4 is 0 Å². The Balaban J connectivity index is 0. The largest absolute Gasteiger partial charge is 0.466 e. The van der Waals surface area contributed by atoms with Crippen LogP contribution in [-0.4, -0.2) is 72.1 Å². The van der Waals surface area contributed by atoms with E-state index >= 15 is 0 Å². The lowest BCUT2D eigenvalue weighted by Gasteiger charge is -2.10. The Kier molecular flexibility index (Phi) is 13.4. The van der Waals surface area contributed by atoms with Crippen LogP contribution >= 0.6 is 0 Å². The molecule has 2 unspecified atom stereocenters. The van der Waals surface area contributed by atoms with Crippen molar-refractivity contribution in [2.24, 2.45) is 0 Å². The Labute approximate surface area is 106 Å². The molecule has 0 aromatic heterocycles. The number of esters is 1. The zero-order chi connectivity index (χ0) is 14.6. The highest BCUT2D eigenvalue weighted by Crippen LogP contribution is 1.87. The zero-order valence-electron chi connectivity index (χ0n) is 10.7. The summed E-state index contributed by atoms with van der Waals surface area (Å²) in [4.78, 5) is 10.2. The van der Waals surface area contributed by atoms with E-state index in [0.717, 1.165) is 0 Å². The van der Waals surface area contributed by atoms with Gasteiger partial charge in [0.15, 0.2) is 0 Å². The molecule has 0 fully saturated rings. The van der Waals surface area contributed by atoms with Crippen molar-refractivity contribution >= 4 is 5.97 Å². The summed E-state index contributed by atoms with van der Waals surface area (Å²) in [6.45, 7) is 4.15. The van der Waals surface area contributed by atoms with Crippen LogP contribution in [0.4, 0.5) is 0 Å².